The summed E-state index contributed by atoms with van der Waals surface area (Å²) in [6, 6.07) is 13.2. The summed E-state index contributed by atoms with van der Waals surface area (Å²) in [6.45, 7) is 3.61. The van der Waals surface area contributed by atoms with Crippen molar-refractivity contribution in [2.75, 3.05) is 13.2 Å². The van der Waals surface area contributed by atoms with Gasteiger partial charge in [-0.3, -0.25) is 4.79 Å². The van der Waals surface area contributed by atoms with Crippen molar-refractivity contribution in [3.63, 3.8) is 0 Å². The number of allylic oxidation sites excluding steroid dienone is 1. The zero-order valence-electron chi connectivity index (χ0n) is 16.9. The molecule has 0 aliphatic rings. The summed E-state index contributed by atoms with van der Waals surface area (Å²) < 4.78 is 9.89. The van der Waals surface area contributed by atoms with E-state index in [2.05, 4.69) is 0 Å². The van der Waals surface area contributed by atoms with Crippen molar-refractivity contribution in [1.82, 2.24) is 0 Å². The monoisotopic (exact) mass is 478 g/mol. The second-order valence-corrected chi connectivity index (χ2v) is 7.76. The van der Waals surface area contributed by atoms with E-state index in [4.69, 9.17) is 32.7 Å². The van der Waals surface area contributed by atoms with Gasteiger partial charge in [-0.05, 0) is 61.2 Å². The van der Waals surface area contributed by atoms with Crippen LogP contribution in [0, 0.1) is 0 Å². The molecule has 0 unspecified atom stereocenters. The molecule has 0 aliphatic carbocycles. The van der Waals surface area contributed by atoms with Crippen LogP contribution < -0.4 is 0 Å². The molecule has 2 aromatic carbocycles. The topological polar surface area (TPSA) is 69.7 Å². The van der Waals surface area contributed by atoms with Gasteiger partial charge in [0, 0.05) is 27.3 Å². The van der Waals surface area contributed by atoms with Gasteiger partial charge in [0.2, 0.25) is 0 Å². The van der Waals surface area contributed by atoms with Crippen LogP contribution >= 0.6 is 35.0 Å². The number of benzene rings is 2. The molecule has 162 valence electrons. The molecule has 0 bridgehead atoms. The van der Waals surface area contributed by atoms with E-state index in [-0.39, 0.29) is 23.9 Å². The molecule has 0 aliphatic heterocycles. The lowest BCUT2D eigenvalue weighted by atomic mass is 9.98. The Bertz CT molecular complexity index is 996. The van der Waals surface area contributed by atoms with Crippen molar-refractivity contribution in [2.24, 2.45) is 0 Å². The highest BCUT2D eigenvalue weighted by Crippen LogP contribution is 2.29. The fourth-order valence-electron chi connectivity index (χ4n) is 2.40. The van der Waals surface area contributed by atoms with Crippen LogP contribution in [-0.2, 0) is 19.1 Å². The zero-order valence-corrected chi connectivity index (χ0v) is 19.2. The third-order valence-electron chi connectivity index (χ3n) is 3.82. The smallest absolute Gasteiger partial charge is 0.345 e. The number of carbonyl (C=O) groups excluding carboxylic acids is 3. The molecule has 0 spiro atoms. The minimum atomic E-state index is -0.689. The highest BCUT2D eigenvalue weighted by molar-refractivity contribution is 8.06. The Morgan fingerprint density at radius 3 is 1.87 bits per heavy atom. The average molecular weight is 479 g/mol. The summed E-state index contributed by atoms with van der Waals surface area (Å²) in [4.78, 5) is 37.3. The Balaban J connectivity index is 2.46. The van der Waals surface area contributed by atoms with Crippen molar-refractivity contribution in [2.45, 2.75) is 13.8 Å². The first-order chi connectivity index (χ1) is 14.8. The number of hydrogen-bond donors (Lipinski definition) is 0. The maximum absolute atomic E-state index is 13.2. The summed E-state index contributed by atoms with van der Waals surface area (Å²) >= 11 is 12.8. The number of Topliss-reactive ketones (excluding diaryl/α,β-unsaturated/α-hetero) is 1. The van der Waals surface area contributed by atoms with Crippen LogP contribution in [0.3, 0.4) is 0 Å². The van der Waals surface area contributed by atoms with Crippen molar-refractivity contribution < 1.29 is 23.9 Å². The van der Waals surface area contributed by atoms with E-state index in [0.717, 1.165) is 17.8 Å². The van der Waals surface area contributed by atoms with E-state index >= 15 is 0 Å². The third-order valence-corrected chi connectivity index (χ3v) is 5.22. The first-order valence-electron chi connectivity index (χ1n) is 9.34. The lowest BCUT2D eigenvalue weighted by molar-refractivity contribution is -0.140. The van der Waals surface area contributed by atoms with Gasteiger partial charge in [0.05, 0.1) is 13.2 Å². The summed E-state index contributed by atoms with van der Waals surface area (Å²) in [7, 11) is 0. The SMILES string of the molecule is CCOC(=O)/C=C(\S/C=C(/C(=O)c1ccc(Cl)cc1)c1ccc(Cl)cc1)C(=O)OCC. The highest BCUT2D eigenvalue weighted by Gasteiger charge is 2.18. The summed E-state index contributed by atoms with van der Waals surface area (Å²) in [6.07, 6.45) is 1.05. The molecule has 0 fully saturated rings. The van der Waals surface area contributed by atoms with Crippen LogP contribution in [0.25, 0.3) is 5.57 Å². The van der Waals surface area contributed by atoms with Crippen LogP contribution in [0.2, 0.25) is 10.0 Å². The predicted octanol–water partition coefficient (Wildman–Crippen LogP) is 5.96. The van der Waals surface area contributed by atoms with Gasteiger partial charge in [-0.25, -0.2) is 9.59 Å². The molecule has 31 heavy (non-hydrogen) atoms. The lowest BCUT2D eigenvalue weighted by Crippen LogP contribution is -2.09. The van der Waals surface area contributed by atoms with Gasteiger partial charge in [-0.1, -0.05) is 47.1 Å². The average Bonchev–Trinajstić information content (AvgIpc) is 2.75. The molecule has 0 heterocycles. The molecule has 8 heteroatoms. The lowest BCUT2D eigenvalue weighted by Gasteiger charge is -2.09. The number of ether oxygens (including phenoxy) is 2. The number of esters is 2. The van der Waals surface area contributed by atoms with Gasteiger partial charge in [-0.2, -0.15) is 0 Å². The van der Waals surface area contributed by atoms with E-state index in [1.165, 1.54) is 5.41 Å². The molecule has 0 radical (unpaired) electrons. The van der Waals surface area contributed by atoms with Crippen LogP contribution in [0.1, 0.15) is 29.8 Å². The number of hydrogen-bond acceptors (Lipinski definition) is 6. The Labute approximate surface area is 195 Å². The molecule has 0 atom stereocenters. The van der Waals surface area contributed by atoms with E-state index in [1.807, 2.05) is 0 Å². The molecule has 0 N–H and O–H groups in total. The van der Waals surface area contributed by atoms with E-state index in [1.54, 1.807) is 62.4 Å². The molecule has 0 saturated carbocycles. The summed E-state index contributed by atoms with van der Waals surface area (Å²) in [5.41, 5.74) is 1.32. The maximum atomic E-state index is 13.2. The molecule has 0 amide bonds. The third kappa shape index (κ3) is 7.58. The number of rotatable bonds is 9. The number of thioether (sulfide) groups is 1. The van der Waals surface area contributed by atoms with Gasteiger partial charge in [0.1, 0.15) is 4.91 Å². The summed E-state index contributed by atoms with van der Waals surface area (Å²) in [5, 5.41) is 2.52. The minimum Gasteiger partial charge on any atom is -0.463 e. The fourth-order valence-corrected chi connectivity index (χ4v) is 3.45. The maximum Gasteiger partial charge on any atom is 0.345 e. The predicted molar refractivity (Wildman–Crippen MR) is 124 cm³/mol. The van der Waals surface area contributed by atoms with Crippen molar-refractivity contribution in [3.8, 4) is 0 Å². The van der Waals surface area contributed by atoms with Gasteiger partial charge >= 0.3 is 11.9 Å². The van der Waals surface area contributed by atoms with Gasteiger partial charge in [-0.15, -0.1) is 0 Å². The van der Waals surface area contributed by atoms with Crippen molar-refractivity contribution in [1.29, 1.82) is 0 Å². The normalized spacial score (nSPS) is 11.7. The van der Waals surface area contributed by atoms with E-state index < -0.39 is 11.9 Å². The Morgan fingerprint density at radius 1 is 0.839 bits per heavy atom. The zero-order chi connectivity index (χ0) is 22.8. The van der Waals surface area contributed by atoms with Gasteiger partial charge in [0.15, 0.2) is 5.78 Å². The first-order valence-corrected chi connectivity index (χ1v) is 11.0. The highest BCUT2D eigenvalue weighted by atomic mass is 35.5. The van der Waals surface area contributed by atoms with Crippen LogP contribution in [0.5, 0.6) is 0 Å². The second-order valence-electron chi connectivity index (χ2n) is 5.97. The van der Waals surface area contributed by atoms with Crippen molar-refractivity contribution in [3.05, 3.63) is 86.1 Å². The molecular weight excluding hydrogens is 459 g/mol. The van der Waals surface area contributed by atoms with E-state index in [9.17, 15) is 14.4 Å². The largest absolute Gasteiger partial charge is 0.463 e. The fraction of sp³-hybridized carbons (Fsp3) is 0.174. The molecule has 2 rings (SSSR count). The first kappa shape index (κ1) is 24.7. The Morgan fingerprint density at radius 2 is 1.35 bits per heavy atom. The van der Waals surface area contributed by atoms with Crippen LogP contribution in [0.15, 0.2) is 64.9 Å². The summed E-state index contributed by atoms with van der Waals surface area (Å²) in [5.74, 6) is -1.65. The Kier molecular flexibility index (Phi) is 9.85. The quantitative estimate of drug-likeness (QED) is 0.251. The van der Waals surface area contributed by atoms with E-state index in [0.29, 0.717) is 26.7 Å². The number of ketones is 1. The molecule has 5 nitrogen and oxygen atoms in total. The molecular formula is C23H20Cl2O5S. The van der Waals surface area contributed by atoms with Gasteiger partial charge in [0.25, 0.3) is 0 Å². The number of carbonyl (C=O) groups is 3. The standard InChI is InChI=1S/C23H20Cl2O5S/c1-3-29-21(26)13-20(23(28)30-4-2)31-14-19(15-5-9-17(24)10-6-15)22(27)16-7-11-18(25)12-8-16/h5-14H,3-4H2,1-2H3/b19-14+,20-13-. The van der Waals surface area contributed by atoms with Crippen LogP contribution in [-0.4, -0.2) is 30.9 Å². The molecule has 0 aromatic heterocycles. The van der Waals surface area contributed by atoms with Crippen LogP contribution in [0.4, 0.5) is 0 Å². The second kappa shape index (κ2) is 12.3. The van der Waals surface area contributed by atoms with Crippen molar-refractivity contribution >= 4 is 58.3 Å². The number of halogens is 2. The minimum absolute atomic E-state index is 0.00401. The molecule has 0 saturated heterocycles. The Hall–Kier alpha value is -2.54. The van der Waals surface area contributed by atoms with Gasteiger partial charge < -0.3 is 9.47 Å². The molecule has 2 aromatic rings.